The molecule has 1 aromatic heterocycles. The maximum atomic E-state index is 8.87. The summed E-state index contributed by atoms with van der Waals surface area (Å²) in [5.41, 5.74) is 1.38. The molecule has 0 aliphatic heterocycles. The number of para-hydroxylation sites is 1. The first-order valence-electron chi connectivity index (χ1n) is 4.92. The molecule has 0 atom stereocenters. The number of hydrogen-bond acceptors (Lipinski definition) is 3. The molecule has 0 aliphatic rings. The van der Waals surface area contributed by atoms with E-state index in [2.05, 4.69) is 11.1 Å². The molecule has 2 aromatic rings. The Balaban J connectivity index is 2.09. The average molecular weight is 210 g/mol. The van der Waals surface area contributed by atoms with Crippen molar-refractivity contribution in [3.63, 3.8) is 0 Å². The van der Waals surface area contributed by atoms with Crippen LogP contribution in [0, 0.1) is 11.3 Å². The highest BCUT2D eigenvalue weighted by Gasteiger charge is 2.01. The second-order valence-corrected chi connectivity index (χ2v) is 3.22. The van der Waals surface area contributed by atoms with E-state index in [9.17, 15) is 0 Å². The summed E-state index contributed by atoms with van der Waals surface area (Å²) in [6, 6.07) is 14.9. The zero-order valence-corrected chi connectivity index (χ0v) is 8.63. The Morgan fingerprint density at radius 1 is 1.12 bits per heavy atom. The molecule has 0 radical (unpaired) electrons. The lowest BCUT2D eigenvalue weighted by Crippen LogP contribution is -1.98. The molecule has 1 aromatic carbocycles. The second kappa shape index (κ2) is 4.94. The minimum absolute atomic E-state index is 0.375. The third kappa shape index (κ3) is 2.37. The number of rotatable bonds is 3. The van der Waals surface area contributed by atoms with Crippen LogP contribution in [0.15, 0.2) is 48.7 Å². The van der Waals surface area contributed by atoms with E-state index in [1.54, 1.807) is 18.3 Å². The molecule has 2 rings (SSSR count). The maximum absolute atomic E-state index is 8.87. The minimum Gasteiger partial charge on any atom is -0.486 e. The smallest absolute Gasteiger partial charge is 0.137 e. The largest absolute Gasteiger partial charge is 0.486 e. The van der Waals surface area contributed by atoms with Crippen LogP contribution in [0.3, 0.4) is 0 Å². The molecule has 0 bridgehead atoms. The van der Waals surface area contributed by atoms with Gasteiger partial charge in [-0.15, -0.1) is 0 Å². The number of benzene rings is 1. The zero-order valence-electron chi connectivity index (χ0n) is 8.63. The Morgan fingerprint density at radius 2 is 1.94 bits per heavy atom. The normalized spacial score (nSPS) is 9.44. The molecule has 0 unspecified atom stereocenters. The third-order valence-electron chi connectivity index (χ3n) is 2.11. The molecular weight excluding hydrogens is 200 g/mol. The molecule has 1 heterocycles. The predicted molar refractivity (Wildman–Crippen MR) is 59.7 cm³/mol. The van der Waals surface area contributed by atoms with Crippen molar-refractivity contribution in [2.24, 2.45) is 0 Å². The van der Waals surface area contributed by atoms with E-state index in [0.717, 1.165) is 5.69 Å². The van der Waals surface area contributed by atoms with E-state index in [-0.39, 0.29) is 0 Å². The standard InChI is InChI=1S/C13H10N2O/c14-9-11-5-1-2-7-13(11)16-10-12-6-3-4-8-15-12/h1-8H,10H2. The van der Waals surface area contributed by atoms with E-state index in [1.807, 2.05) is 30.3 Å². The summed E-state index contributed by atoms with van der Waals surface area (Å²) >= 11 is 0. The van der Waals surface area contributed by atoms with Crippen LogP contribution in [0.5, 0.6) is 5.75 Å². The van der Waals surface area contributed by atoms with Crippen molar-refractivity contribution < 1.29 is 4.74 Å². The van der Waals surface area contributed by atoms with Crippen LogP contribution in [0.4, 0.5) is 0 Å². The van der Waals surface area contributed by atoms with Gasteiger partial charge in [0.1, 0.15) is 18.4 Å². The van der Waals surface area contributed by atoms with Gasteiger partial charge in [-0.2, -0.15) is 5.26 Å². The van der Waals surface area contributed by atoms with Crippen molar-refractivity contribution >= 4 is 0 Å². The lowest BCUT2D eigenvalue weighted by molar-refractivity contribution is 0.300. The summed E-state index contributed by atoms with van der Waals surface area (Å²) in [6.45, 7) is 0.375. The molecule has 0 saturated heterocycles. The summed E-state index contributed by atoms with van der Waals surface area (Å²) in [5, 5.41) is 8.87. The summed E-state index contributed by atoms with van der Waals surface area (Å²) in [5.74, 6) is 0.593. The Morgan fingerprint density at radius 3 is 2.69 bits per heavy atom. The Kier molecular flexibility index (Phi) is 3.15. The lowest BCUT2D eigenvalue weighted by Gasteiger charge is -2.06. The number of nitrogens with zero attached hydrogens (tertiary/aromatic N) is 2. The zero-order chi connectivity index (χ0) is 11.2. The number of nitriles is 1. The topological polar surface area (TPSA) is 45.9 Å². The second-order valence-electron chi connectivity index (χ2n) is 3.22. The SMILES string of the molecule is N#Cc1ccccc1OCc1ccccn1. The molecule has 3 nitrogen and oxygen atoms in total. The highest BCUT2D eigenvalue weighted by atomic mass is 16.5. The molecular formula is C13H10N2O. The van der Waals surface area contributed by atoms with Gasteiger partial charge < -0.3 is 4.74 Å². The van der Waals surface area contributed by atoms with E-state index in [4.69, 9.17) is 10.00 Å². The van der Waals surface area contributed by atoms with Crippen LogP contribution < -0.4 is 4.74 Å². The summed E-state index contributed by atoms with van der Waals surface area (Å²) in [6.07, 6.45) is 1.72. The van der Waals surface area contributed by atoms with Crippen LogP contribution in [-0.4, -0.2) is 4.98 Å². The number of hydrogen-bond donors (Lipinski definition) is 0. The van der Waals surface area contributed by atoms with Gasteiger partial charge in [0.2, 0.25) is 0 Å². The first kappa shape index (κ1) is 10.2. The van der Waals surface area contributed by atoms with Crippen LogP contribution in [0.25, 0.3) is 0 Å². The maximum Gasteiger partial charge on any atom is 0.137 e. The Labute approximate surface area is 93.9 Å². The van der Waals surface area contributed by atoms with Crippen molar-refractivity contribution in [2.75, 3.05) is 0 Å². The highest BCUT2D eigenvalue weighted by Crippen LogP contribution is 2.17. The van der Waals surface area contributed by atoms with Gasteiger partial charge >= 0.3 is 0 Å². The van der Waals surface area contributed by atoms with E-state index >= 15 is 0 Å². The fourth-order valence-corrected chi connectivity index (χ4v) is 1.32. The van der Waals surface area contributed by atoms with E-state index in [1.165, 1.54) is 0 Å². The number of pyridine rings is 1. The van der Waals surface area contributed by atoms with Crippen LogP contribution in [0.2, 0.25) is 0 Å². The van der Waals surface area contributed by atoms with E-state index in [0.29, 0.717) is 17.9 Å². The van der Waals surface area contributed by atoms with Gasteiger partial charge in [-0.05, 0) is 24.3 Å². The molecule has 0 fully saturated rings. The van der Waals surface area contributed by atoms with Crippen molar-refractivity contribution in [1.82, 2.24) is 4.98 Å². The number of aromatic nitrogens is 1. The van der Waals surface area contributed by atoms with Gasteiger partial charge in [-0.1, -0.05) is 18.2 Å². The van der Waals surface area contributed by atoms with Crippen LogP contribution in [-0.2, 0) is 6.61 Å². The highest BCUT2D eigenvalue weighted by molar-refractivity contribution is 5.42. The summed E-state index contributed by atoms with van der Waals surface area (Å²) in [4.78, 5) is 4.14. The van der Waals surface area contributed by atoms with Crippen LogP contribution >= 0.6 is 0 Å². The fraction of sp³-hybridized carbons (Fsp3) is 0.0769. The molecule has 78 valence electrons. The van der Waals surface area contributed by atoms with Crippen molar-refractivity contribution in [2.45, 2.75) is 6.61 Å². The number of ether oxygens (including phenoxy) is 1. The molecule has 3 heteroatoms. The first-order valence-corrected chi connectivity index (χ1v) is 4.92. The lowest BCUT2D eigenvalue weighted by atomic mass is 10.2. The molecule has 0 aliphatic carbocycles. The van der Waals surface area contributed by atoms with Gasteiger partial charge in [0.25, 0.3) is 0 Å². The Bertz CT molecular complexity index is 503. The summed E-state index contributed by atoms with van der Waals surface area (Å²) < 4.78 is 5.53. The van der Waals surface area contributed by atoms with Crippen molar-refractivity contribution in [3.05, 3.63) is 59.9 Å². The minimum atomic E-state index is 0.375. The average Bonchev–Trinajstić information content (AvgIpc) is 2.38. The molecule has 0 amide bonds. The van der Waals surface area contributed by atoms with Gasteiger partial charge in [0, 0.05) is 6.20 Å². The van der Waals surface area contributed by atoms with Crippen molar-refractivity contribution in [1.29, 1.82) is 5.26 Å². The van der Waals surface area contributed by atoms with Gasteiger partial charge in [0.05, 0.1) is 11.3 Å². The molecule has 16 heavy (non-hydrogen) atoms. The van der Waals surface area contributed by atoms with Gasteiger partial charge in [-0.3, -0.25) is 4.98 Å². The predicted octanol–water partition coefficient (Wildman–Crippen LogP) is 2.53. The third-order valence-corrected chi connectivity index (χ3v) is 2.11. The fourth-order valence-electron chi connectivity index (χ4n) is 1.32. The molecule has 0 N–H and O–H groups in total. The molecule has 0 saturated carbocycles. The first-order chi connectivity index (χ1) is 7.90. The van der Waals surface area contributed by atoms with Crippen molar-refractivity contribution in [3.8, 4) is 11.8 Å². The van der Waals surface area contributed by atoms with E-state index < -0.39 is 0 Å². The quantitative estimate of drug-likeness (QED) is 0.782. The van der Waals surface area contributed by atoms with Crippen LogP contribution in [0.1, 0.15) is 11.3 Å². The van der Waals surface area contributed by atoms with Gasteiger partial charge in [-0.25, -0.2) is 0 Å². The molecule has 0 spiro atoms. The summed E-state index contributed by atoms with van der Waals surface area (Å²) in [7, 11) is 0. The Hall–Kier alpha value is -2.34. The monoisotopic (exact) mass is 210 g/mol. The van der Waals surface area contributed by atoms with Gasteiger partial charge in [0.15, 0.2) is 0 Å².